The lowest BCUT2D eigenvalue weighted by Crippen LogP contribution is -2.38. The third-order valence-electron chi connectivity index (χ3n) is 6.37. The van der Waals surface area contributed by atoms with Crippen molar-refractivity contribution in [2.24, 2.45) is 11.8 Å². The van der Waals surface area contributed by atoms with Crippen molar-refractivity contribution >= 4 is 11.5 Å². The average molecular weight is 449 g/mol. The summed E-state index contributed by atoms with van der Waals surface area (Å²) in [5, 5.41) is 11.0. The van der Waals surface area contributed by atoms with Gasteiger partial charge in [0.1, 0.15) is 17.3 Å². The number of anilines is 2. The molecule has 2 heterocycles. The Hall–Kier alpha value is -3.15. The van der Waals surface area contributed by atoms with Gasteiger partial charge < -0.3 is 19.7 Å². The van der Waals surface area contributed by atoms with Gasteiger partial charge >= 0.3 is 0 Å². The molecule has 6 nitrogen and oxygen atoms in total. The molecule has 0 amide bonds. The Kier molecular flexibility index (Phi) is 7.43. The highest BCUT2D eigenvalue weighted by atomic mass is 16.5. The molecule has 2 N–H and O–H groups in total. The van der Waals surface area contributed by atoms with Crippen LogP contribution in [-0.4, -0.2) is 37.5 Å². The van der Waals surface area contributed by atoms with E-state index in [4.69, 9.17) is 9.47 Å². The molecule has 2 atom stereocenters. The quantitative estimate of drug-likeness (QED) is 0.465. The maximum absolute atomic E-state index is 5.37. The van der Waals surface area contributed by atoms with E-state index < -0.39 is 0 Å². The highest BCUT2D eigenvalue weighted by Gasteiger charge is 2.21. The molecule has 1 saturated heterocycles. The van der Waals surface area contributed by atoms with E-state index in [9.17, 15) is 0 Å². The van der Waals surface area contributed by atoms with Crippen molar-refractivity contribution in [3.05, 3.63) is 65.4 Å². The van der Waals surface area contributed by atoms with Gasteiger partial charge in [-0.05, 0) is 66.5 Å². The zero-order valence-electron chi connectivity index (χ0n) is 20.2. The molecule has 2 aromatic carbocycles. The van der Waals surface area contributed by atoms with Crippen LogP contribution in [0.4, 0.5) is 11.5 Å². The smallest absolute Gasteiger partial charge is 0.148 e. The molecule has 0 saturated carbocycles. The monoisotopic (exact) mass is 448 g/mol. The van der Waals surface area contributed by atoms with E-state index in [1.165, 1.54) is 23.2 Å². The molecule has 0 bridgehead atoms. The number of hydrogen-bond acceptors (Lipinski definition) is 5. The number of nitrogens with zero attached hydrogens (tertiary/aromatic N) is 2. The normalized spacial score (nSPS) is 18.2. The van der Waals surface area contributed by atoms with Gasteiger partial charge in [0.15, 0.2) is 0 Å². The van der Waals surface area contributed by atoms with E-state index in [0.717, 1.165) is 67.3 Å². The van der Waals surface area contributed by atoms with Crippen molar-refractivity contribution in [3.63, 3.8) is 0 Å². The summed E-state index contributed by atoms with van der Waals surface area (Å²) in [7, 11) is 3.35. The lowest BCUT2D eigenvalue weighted by Gasteiger charge is -2.36. The van der Waals surface area contributed by atoms with Crippen molar-refractivity contribution in [1.82, 2.24) is 10.2 Å². The van der Waals surface area contributed by atoms with Crippen molar-refractivity contribution in [1.29, 1.82) is 0 Å². The Bertz CT molecular complexity index is 999. The number of methoxy groups -OCH3 is 2. The Balaban J connectivity index is 1.28. The summed E-state index contributed by atoms with van der Waals surface area (Å²) < 4.78 is 10.7. The highest BCUT2D eigenvalue weighted by molar-refractivity contribution is 5.49. The zero-order valence-corrected chi connectivity index (χ0v) is 20.2. The number of nitrogens with one attached hydrogen (secondary N) is 2. The van der Waals surface area contributed by atoms with Gasteiger partial charge in [-0.15, -0.1) is 0 Å². The van der Waals surface area contributed by atoms with Crippen LogP contribution in [0.1, 0.15) is 37.1 Å². The largest absolute Gasteiger partial charge is 0.497 e. The van der Waals surface area contributed by atoms with E-state index in [2.05, 4.69) is 64.6 Å². The van der Waals surface area contributed by atoms with Gasteiger partial charge in [-0.1, -0.05) is 26.0 Å². The number of benzene rings is 2. The van der Waals surface area contributed by atoms with Gasteiger partial charge in [-0.25, -0.2) is 0 Å². The predicted molar refractivity (Wildman–Crippen MR) is 134 cm³/mol. The average Bonchev–Trinajstić information content (AvgIpc) is 3.28. The summed E-state index contributed by atoms with van der Waals surface area (Å²) in [5.41, 5.74) is 4.86. The first-order valence-electron chi connectivity index (χ1n) is 11.9. The Morgan fingerprint density at radius 2 is 1.58 bits per heavy atom. The molecule has 176 valence electrons. The molecule has 4 rings (SSSR count). The number of aromatic nitrogens is 2. The van der Waals surface area contributed by atoms with E-state index >= 15 is 0 Å². The van der Waals surface area contributed by atoms with Crippen LogP contribution in [0.25, 0.3) is 0 Å². The molecular formula is C27H36N4O2. The zero-order chi connectivity index (χ0) is 23.2. The summed E-state index contributed by atoms with van der Waals surface area (Å²) >= 11 is 0. The SMILES string of the molecule is COc1cc(CCc2cc(NCc3ccc(N4CC(C)CC(C)C4)cc3)n[nH]2)cc(OC)c1. The van der Waals surface area contributed by atoms with Crippen LogP contribution in [0.5, 0.6) is 11.5 Å². The number of aromatic amines is 1. The minimum absolute atomic E-state index is 0.754. The van der Waals surface area contributed by atoms with Gasteiger partial charge in [-0.2, -0.15) is 5.10 Å². The van der Waals surface area contributed by atoms with Crippen molar-refractivity contribution in [3.8, 4) is 11.5 Å². The van der Waals surface area contributed by atoms with E-state index in [-0.39, 0.29) is 0 Å². The molecule has 33 heavy (non-hydrogen) atoms. The van der Waals surface area contributed by atoms with Crippen LogP contribution in [0, 0.1) is 11.8 Å². The van der Waals surface area contributed by atoms with E-state index in [1.807, 2.05) is 18.2 Å². The number of H-pyrrole nitrogens is 1. The van der Waals surface area contributed by atoms with E-state index in [0.29, 0.717) is 0 Å². The molecule has 2 unspecified atom stereocenters. The van der Waals surface area contributed by atoms with Crippen LogP contribution < -0.4 is 19.7 Å². The predicted octanol–water partition coefficient (Wildman–Crippen LogP) is 5.31. The third kappa shape index (κ3) is 6.21. The standard InChI is InChI=1S/C27H36N4O2/c1-19-11-20(2)18-31(17-19)24-9-6-21(7-10-24)16-28-27-14-23(29-30-27)8-5-22-12-25(32-3)15-26(13-22)33-4/h6-7,9-10,12-15,19-20H,5,8,11,16-18H2,1-4H3,(H2,28,29,30). The first kappa shape index (κ1) is 23.0. The molecule has 1 aliphatic rings. The molecule has 0 spiro atoms. The van der Waals surface area contributed by atoms with Crippen LogP contribution in [0.2, 0.25) is 0 Å². The summed E-state index contributed by atoms with van der Waals surface area (Å²) in [4.78, 5) is 2.52. The fraction of sp³-hybridized carbons (Fsp3) is 0.444. The van der Waals surface area contributed by atoms with Crippen LogP contribution in [0.3, 0.4) is 0 Å². The van der Waals surface area contributed by atoms with Crippen molar-refractivity contribution in [2.45, 2.75) is 39.7 Å². The molecule has 6 heteroatoms. The maximum Gasteiger partial charge on any atom is 0.148 e. The summed E-state index contributed by atoms with van der Waals surface area (Å²) in [5.74, 6) is 4.01. The lowest BCUT2D eigenvalue weighted by atomic mass is 9.91. The molecule has 1 fully saturated rings. The maximum atomic E-state index is 5.37. The minimum Gasteiger partial charge on any atom is -0.497 e. The first-order valence-corrected chi connectivity index (χ1v) is 11.9. The van der Waals surface area contributed by atoms with Gasteiger partial charge in [0.2, 0.25) is 0 Å². The summed E-state index contributed by atoms with van der Waals surface area (Å²) in [6, 6.07) is 17.0. The van der Waals surface area contributed by atoms with Gasteiger partial charge in [0.05, 0.1) is 14.2 Å². The molecule has 0 aliphatic carbocycles. The Morgan fingerprint density at radius 3 is 2.21 bits per heavy atom. The number of piperidine rings is 1. The molecule has 3 aromatic rings. The van der Waals surface area contributed by atoms with Crippen LogP contribution in [0.15, 0.2) is 48.5 Å². The topological polar surface area (TPSA) is 62.4 Å². The fourth-order valence-electron chi connectivity index (χ4n) is 4.76. The van der Waals surface area contributed by atoms with Crippen molar-refractivity contribution in [2.75, 3.05) is 37.5 Å². The van der Waals surface area contributed by atoms with Crippen LogP contribution in [-0.2, 0) is 19.4 Å². The molecular weight excluding hydrogens is 412 g/mol. The second-order valence-corrected chi connectivity index (χ2v) is 9.37. The Labute approximate surface area is 197 Å². The van der Waals surface area contributed by atoms with Gasteiger partial charge in [0, 0.05) is 43.1 Å². The number of ether oxygens (including phenoxy) is 2. The lowest BCUT2D eigenvalue weighted by molar-refractivity contribution is 0.357. The van der Waals surface area contributed by atoms with Crippen molar-refractivity contribution < 1.29 is 9.47 Å². The van der Waals surface area contributed by atoms with E-state index in [1.54, 1.807) is 14.2 Å². The summed E-state index contributed by atoms with van der Waals surface area (Å²) in [6.45, 7) is 7.77. The number of hydrogen-bond donors (Lipinski definition) is 2. The highest BCUT2D eigenvalue weighted by Crippen LogP contribution is 2.27. The first-order chi connectivity index (χ1) is 16.0. The second-order valence-electron chi connectivity index (χ2n) is 9.37. The molecule has 1 aromatic heterocycles. The van der Waals surface area contributed by atoms with Gasteiger partial charge in [-0.3, -0.25) is 5.10 Å². The number of rotatable bonds is 9. The van der Waals surface area contributed by atoms with Gasteiger partial charge in [0.25, 0.3) is 0 Å². The number of aryl methyl sites for hydroxylation is 2. The molecule has 1 aliphatic heterocycles. The Morgan fingerprint density at radius 1 is 0.909 bits per heavy atom. The second kappa shape index (κ2) is 10.6. The van der Waals surface area contributed by atoms with Crippen LogP contribution >= 0.6 is 0 Å². The summed E-state index contributed by atoms with van der Waals surface area (Å²) in [6.07, 6.45) is 3.08. The third-order valence-corrected chi connectivity index (χ3v) is 6.37. The fourth-order valence-corrected chi connectivity index (χ4v) is 4.76. The minimum atomic E-state index is 0.754. The molecule has 0 radical (unpaired) electrons.